The molecular formula is C19H24N2O. The van der Waals surface area contributed by atoms with Crippen LogP contribution in [0.2, 0.25) is 0 Å². The molecule has 0 aliphatic rings. The van der Waals surface area contributed by atoms with Gasteiger partial charge in [0.1, 0.15) is 6.29 Å². The van der Waals surface area contributed by atoms with Crippen LogP contribution in [-0.4, -0.2) is 17.3 Å². The summed E-state index contributed by atoms with van der Waals surface area (Å²) < 4.78 is 0. The highest BCUT2D eigenvalue weighted by atomic mass is 16.1. The number of rotatable bonds is 9. The van der Waals surface area contributed by atoms with E-state index in [1.807, 2.05) is 13.0 Å². The summed E-state index contributed by atoms with van der Waals surface area (Å²) in [5.41, 5.74) is 4.48. The summed E-state index contributed by atoms with van der Waals surface area (Å²) in [6.07, 6.45) is 6.13. The van der Waals surface area contributed by atoms with Crippen LogP contribution in [0.15, 0.2) is 54.9 Å². The molecule has 1 aromatic carbocycles. The van der Waals surface area contributed by atoms with Crippen molar-refractivity contribution < 1.29 is 4.79 Å². The van der Waals surface area contributed by atoms with E-state index in [4.69, 9.17) is 0 Å². The van der Waals surface area contributed by atoms with E-state index in [0.717, 1.165) is 42.3 Å². The number of carbonyl (C=O) groups is 1. The summed E-state index contributed by atoms with van der Waals surface area (Å²) in [6, 6.07) is 8.46. The van der Waals surface area contributed by atoms with Crippen molar-refractivity contribution in [2.24, 2.45) is 0 Å². The number of aromatic amines is 1. The molecule has 3 heteroatoms. The zero-order valence-electron chi connectivity index (χ0n) is 13.2. The number of fused-ring (bicyclic) bond motifs is 1. The quantitative estimate of drug-likeness (QED) is 0.415. The fraction of sp³-hybridized carbons (Fsp3) is 0.316. The van der Waals surface area contributed by atoms with Crippen LogP contribution in [0.4, 0.5) is 0 Å². The molecule has 2 rings (SSSR count). The molecule has 1 atom stereocenters. The van der Waals surface area contributed by atoms with Gasteiger partial charge in [-0.15, -0.1) is 0 Å². The van der Waals surface area contributed by atoms with Crippen molar-refractivity contribution in [1.82, 2.24) is 10.3 Å². The number of allylic oxidation sites excluding steroid dienone is 1. The van der Waals surface area contributed by atoms with Crippen LogP contribution in [0.5, 0.6) is 0 Å². The summed E-state index contributed by atoms with van der Waals surface area (Å²) in [5, 5.41) is 4.71. The van der Waals surface area contributed by atoms with Gasteiger partial charge < -0.3 is 15.1 Å². The lowest BCUT2D eigenvalue weighted by Crippen LogP contribution is -2.31. The van der Waals surface area contributed by atoms with E-state index in [-0.39, 0.29) is 6.04 Å². The highest BCUT2D eigenvalue weighted by molar-refractivity contribution is 5.83. The molecule has 0 saturated heterocycles. The number of aromatic nitrogens is 1. The van der Waals surface area contributed by atoms with Crippen LogP contribution >= 0.6 is 0 Å². The maximum atomic E-state index is 10.4. The smallest absolute Gasteiger partial charge is 0.120 e. The molecule has 1 aromatic heterocycles. The lowest BCUT2D eigenvalue weighted by molar-refractivity contribution is -0.107. The number of aldehydes is 1. The molecule has 0 fully saturated rings. The number of carbonyl (C=O) groups excluding carboxylic acids is 1. The second kappa shape index (κ2) is 7.64. The molecule has 22 heavy (non-hydrogen) atoms. The zero-order valence-corrected chi connectivity index (χ0v) is 13.2. The molecule has 116 valence electrons. The molecule has 0 aliphatic heterocycles. The first kappa shape index (κ1) is 16.1. The fourth-order valence-electron chi connectivity index (χ4n) is 2.59. The Morgan fingerprint density at radius 1 is 1.36 bits per heavy atom. The minimum Gasteiger partial charge on any atom is -0.382 e. The van der Waals surface area contributed by atoms with Crippen LogP contribution in [0.3, 0.4) is 0 Å². The van der Waals surface area contributed by atoms with Gasteiger partial charge >= 0.3 is 0 Å². The lowest BCUT2D eigenvalue weighted by atomic mass is 9.99. The number of hydrogen-bond acceptors (Lipinski definition) is 2. The van der Waals surface area contributed by atoms with E-state index in [1.54, 1.807) is 0 Å². The molecular weight excluding hydrogens is 272 g/mol. The second-order valence-electron chi connectivity index (χ2n) is 5.77. The van der Waals surface area contributed by atoms with Gasteiger partial charge in [-0.05, 0) is 37.8 Å². The third-order valence-corrected chi connectivity index (χ3v) is 3.87. The average Bonchev–Trinajstić information content (AvgIpc) is 2.90. The maximum Gasteiger partial charge on any atom is 0.120 e. The Hall–Kier alpha value is -2.29. The van der Waals surface area contributed by atoms with Crippen LogP contribution in [0, 0.1) is 0 Å². The number of para-hydroxylation sites is 1. The summed E-state index contributed by atoms with van der Waals surface area (Å²) in [7, 11) is 0. The van der Waals surface area contributed by atoms with Gasteiger partial charge in [-0.1, -0.05) is 36.9 Å². The van der Waals surface area contributed by atoms with Gasteiger partial charge in [0.2, 0.25) is 0 Å². The largest absolute Gasteiger partial charge is 0.382 e. The highest BCUT2D eigenvalue weighted by Crippen LogP contribution is 2.21. The topological polar surface area (TPSA) is 44.9 Å². The first-order chi connectivity index (χ1) is 10.6. The number of H-pyrrole nitrogens is 1. The minimum atomic E-state index is 0.155. The Kier molecular flexibility index (Phi) is 5.59. The molecule has 3 nitrogen and oxygen atoms in total. The molecule has 1 unspecified atom stereocenters. The lowest BCUT2D eigenvalue weighted by Gasteiger charge is -2.21. The van der Waals surface area contributed by atoms with Crippen LogP contribution in [0.25, 0.3) is 10.9 Å². The van der Waals surface area contributed by atoms with Gasteiger partial charge in [-0.2, -0.15) is 0 Å². The number of nitrogens with one attached hydrogen (secondary N) is 2. The van der Waals surface area contributed by atoms with Gasteiger partial charge in [-0.3, -0.25) is 0 Å². The monoisotopic (exact) mass is 296 g/mol. The van der Waals surface area contributed by atoms with Gasteiger partial charge in [0, 0.05) is 29.2 Å². The first-order valence-electron chi connectivity index (χ1n) is 7.70. The Balaban J connectivity index is 2.04. The average molecular weight is 296 g/mol. The van der Waals surface area contributed by atoms with Gasteiger partial charge in [0.15, 0.2) is 0 Å². The van der Waals surface area contributed by atoms with Crippen molar-refractivity contribution in [2.75, 3.05) is 0 Å². The van der Waals surface area contributed by atoms with Crippen molar-refractivity contribution in [2.45, 2.75) is 38.6 Å². The second-order valence-corrected chi connectivity index (χ2v) is 5.77. The Bertz CT molecular complexity index is 669. The normalized spacial score (nSPS) is 12.0. The standard InChI is InChI=1S/C19H24N2O/c1-14(2)19(21-15(3)8-6-7-11-22)12-16-13-20-18-10-5-4-9-17(16)18/h4-5,9-11,13,19-21H,1,3,6-8,12H2,2H3. The highest BCUT2D eigenvalue weighted by Gasteiger charge is 2.13. The predicted molar refractivity (Wildman–Crippen MR) is 92.8 cm³/mol. The predicted octanol–water partition coefficient (Wildman–Crippen LogP) is 4.13. The molecule has 0 bridgehead atoms. The number of hydrogen-bond donors (Lipinski definition) is 2. The molecule has 2 aromatic rings. The van der Waals surface area contributed by atoms with E-state index in [9.17, 15) is 4.79 Å². The van der Waals surface area contributed by atoms with Crippen molar-refractivity contribution in [3.8, 4) is 0 Å². The SMILES string of the molecule is C=C(CCCC=O)NC(Cc1c[nH]c2ccccc12)C(=C)C. The molecule has 0 saturated carbocycles. The Morgan fingerprint density at radius 3 is 2.86 bits per heavy atom. The Morgan fingerprint density at radius 2 is 2.14 bits per heavy atom. The molecule has 0 spiro atoms. The third-order valence-electron chi connectivity index (χ3n) is 3.87. The summed E-state index contributed by atoms with van der Waals surface area (Å²) in [4.78, 5) is 13.7. The van der Waals surface area contributed by atoms with Crippen molar-refractivity contribution in [3.63, 3.8) is 0 Å². The van der Waals surface area contributed by atoms with E-state index in [1.165, 1.54) is 10.9 Å². The zero-order chi connectivity index (χ0) is 15.9. The Labute approximate surface area is 132 Å². The fourth-order valence-corrected chi connectivity index (χ4v) is 2.59. The van der Waals surface area contributed by atoms with Gasteiger partial charge in [0.25, 0.3) is 0 Å². The van der Waals surface area contributed by atoms with Crippen LogP contribution in [0.1, 0.15) is 31.7 Å². The summed E-state index contributed by atoms with van der Waals surface area (Å²) in [6.45, 7) is 10.2. The third kappa shape index (κ3) is 4.10. The number of unbranched alkanes of at least 4 members (excludes halogenated alkanes) is 1. The van der Waals surface area contributed by atoms with Gasteiger partial charge in [-0.25, -0.2) is 0 Å². The van der Waals surface area contributed by atoms with Crippen LogP contribution < -0.4 is 5.32 Å². The molecule has 0 amide bonds. The molecule has 0 aliphatic carbocycles. The van der Waals surface area contributed by atoms with E-state index in [2.05, 4.69) is 47.9 Å². The van der Waals surface area contributed by atoms with Crippen molar-refractivity contribution in [3.05, 3.63) is 60.5 Å². The first-order valence-corrected chi connectivity index (χ1v) is 7.70. The molecule has 2 N–H and O–H groups in total. The van der Waals surface area contributed by atoms with Crippen LogP contribution in [-0.2, 0) is 11.2 Å². The molecule has 0 radical (unpaired) electrons. The van der Waals surface area contributed by atoms with E-state index in [0.29, 0.717) is 6.42 Å². The summed E-state index contributed by atoms with van der Waals surface area (Å²) >= 11 is 0. The summed E-state index contributed by atoms with van der Waals surface area (Å²) in [5.74, 6) is 0. The molecule has 1 heterocycles. The van der Waals surface area contributed by atoms with Gasteiger partial charge in [0.05, 0.1) is 6.04 Å². The maximum absolute atomic E-state index is 10.4. The van der Waals surface area contributed by atoms with E-state index >= 15 is 0 Å². The number of benzene rings is 1. The van der Waals surface area contributed by atoms with Crippen molar-refractivity contribution >= 4 is 17.2 Å². The minimum absolute atomic E-state index is 0.155. The van der Waals surface area contributed by atoms with Crippen molar-refractivity contribution in [1.29, 1.82) is 0 Å². The van der Waals surface area contributed by atoms with E-state index < -0.39 is 0 Å².